The minimum atomic E-state index is -0.994. The van der Waals surface area contributed by atoms with Crippen LogP contribution in [-0.2, 0) is 4.74 Å². The summed E-state index contributed by atoms with van der Waals surface area (Å²) in [5.74, 6) is -0.290. The van der Waals surface area contributed by atoms with E-state index in [-0.39, 0.29) is 5.56 Å². The molecule has 1 heterocycles. The first-order valence-corrected chi connectivity index (χ1v) is 6.14. The zero-order chi connectivity index (χ0) is 14.5. The second-order valence-electron chi connectivity index (χ2n) is 4.24. The van der Waals surface area contributed by atoms with Gasteiger partial charge in [0.05, 0.1) is 6.61 Å². The topological polar surface area (TPSA) is 84.4 Å². The number of carbonyl (C=O) groups is 1. The number of methoxy groups -OCH3 is 1. The highest BCUT2D eigenvalue weighted by Gasteiger charge is 2.18. The molecule has 0 atom stereocenters. The quantitative estimate of drug-likeness (QED) is 0.789. The summed E-state index contributed by atoms with van der Waals surface area (Å²) in [4.78, 5) is 11.2. The first-order chi connectivity index (χ1) is 9.63. The minimum Gasteiger partial charge on any atom is -0.491 e. The Hall–Kier alpha value is -2.34. The van der Waals surface area contributed by atoms with E-state index in [0.717, 1.165) is 5.56 Å². The van der Waals surface area contributed by atoms with Crippen LogP contribution in [0.25, 0.3) is 11.3 Å². The number of hydrogen-bond donors (Lipinski definition) is 2. The van der Waals surface area contributed by atoms with E-state index in [0.29, 0.717) is 30.4 Å². The number of aryl methyl sites for hydroxylation is 1. The third kappa shape index (κ3) is 2.97. The molecule has 2 rings (SSSR count). The Kier molecular flexibility index (Phi) is 4.37. The van der Waals surface area contributed by atoms with E-state index in [9.17, 15) is 9.90 Å². The van der Waals surface area contributed by atoms with Crippen LogP contribution in [0.3, 0.4) is 0 Å². The van der Waals surface area contributed by atoms with Gasteiger partial charge in [0.2, 0.25) is 0 Å². The average molecular weight is 276 g/mol. The van der Waals surface area contributed by atoms with Crippen molar-refractivity contribution < 1.29 is 19.4 Å². The number of aromatic nitrogens is 2. The number of nitrogens with one attached hydrogen (secondary N) is 1. The van der Waals surface area contributed by atoms with Gasteiger partial charge in [-0.05, 0) is 31.2 Å². The molecule has 0 aliphatic rings. The Labute approximate surface area is 116 Å². The Bertz CT molecular complexity index is 590. The molecule has 20 heavy (non-hydrogen) atoms. The van der Waals surface area contributed by atoms with Crippen molar-refractivity contribution in [3.63, 3.8) is 0 Å². The smallest absolute Gasteiger partial charge is 0.339 e. The number of aromatic carboxylic acids is 1. The van der Waals surface area contributed by atoms with Gasteiger partial charge in [0.15, 0.2) is 0 Å². The molecule has 6 heteroatoms. The summed E-state index contributed by atoms with van der Waals surface area (Å²) in [5.41, 5.74) is 1.88. The first kappa shape index (κ1) is 14.1. The molecule has 0 aliphatic carbocycles. The van der Waals surface area contributed by atoms with Crippen LogP contribution in [0.4, 0.5) is 0 Å². The predicted molar refractivity (Wildman–Crippen MR) is 73.1 cm³/mol. The number of carboxylic acids is 1. The molecule has 0 aliphatic heterocycles. The number of ether oxygens (including phenoxy) is 2. The van der Waals surface area contributed by atoms with Crippen molar-refractivity contribution in [3.05, 3.63) is 35.5 Å². The van der Waals surface area contributed by atoms with Crippen molar-refractivity contribution in [3.8, 4) is 17.0 Å². The third-order valence-corrected chi connectivity index (χ3v) is 2.85. The second kappa shape index (κ2) is 6.21. The summed E-state index contributed by atoms with van der Waals surface area (Å²) in [6.45, 7) is 2.67. The molecule has 0 spiro atoms. The number of aromatic amines is 1. The van der Waals surface area contributed by atoms with Gasteiger partial charge in [0, 0.05) is 18.4 Å². The highest BCUT2D eigenvalue weighted by atomic mass is 16.5. The fourth-order valence-electron chi connectivity index (χ4n) is 1.85. The lowest BCUT2D eigenvalue weighted by Crippen LogP contribution is -2.04. The van der Waals surface area contributed by atoms with Crippen LogP contribution in [0.2, 0.25) is 0 Å². The van der Waals surface area contributed by atoms with E-state index < -0.39 is 5.97 Å². The van der Waals surface area contributed by atoms with Gasteiger partial charge in [-0.1, -0.05) is 0 Å². The molecular weight excluding hydrogens is 260 g/mol. The molecule has 0 fully saturated rings. The molecule has 0 radical (unpaired) electrons. The van der Waals surface area contributed by atoms with Crippen LogP contribution in [0.15, 0.2) is 24.3 Å². The fraction of sp³-hybridized carbons (Fsp3) is 0.286. The number of nitrogens with zero attached hydrogens (tertiary/aromatic N) is 1. The minimum absolute atomic E-state index is 0.193. The second-order valence-corrected chi connectivity index (χ2v) is 4.24. The van der Waals surface area contributed by atoms with Gasteiger partial charge < -0.3 is 14.6 Å². The molecular formula is C14H16N2O4. The molecule has 1 aromatic heterocycles. The van der Waals surface area contributed by atoms with Gasteiger partial charge in [-0.15, -0.1) is 0 Å². The SMILES string of the molecule is COCCOc1ccc(-c2n[nH]c(C)c2C(=O)O)cc1. The monoisotopic (exact) mass is 276 g/mol. The van der Waals surface area contributed by atoms with Gasteiger partial charge in [-0.3, -0.25) is 5.10 Å². The Morgan fingerprint density at radius 1 is 1.30 bits per heavy atom. The van der Waals surface area contributed by atoms with Crippen molar-refractivity contribution in [2.45, 2.75) is 6.92 Å². The maximum absolute atomic E-state index is 11.2. The highest BCUT2D eigenvalue weighted by Crippen LogP contribution is 2.25. The summed E-state index contributed by atoms with van der Waals surface area (Å²) >= 11 is 0. The fourth-order valence-corrected chi connectivity index (χ4v) is 1.85. The van der Waals surface area contributed by atoms with Crippen LogP contribution in [0.5, 0.6) is 5.75 Å². The number of carboxylic acid groups (broad SMARTS) is 1. The summed E-state index contributed by atoms with van der Waals surface area (Å²) < 4.78 is 10.3. The summed E-state index contributed by atoms with van der Waals surface area (Å²) in [5, 5.41) is 15.9. The number of hydrogen-bond acceptors (Lipinski definition) is 4. The first-order valence-electron chi connectivity index (χ1n) is 6.14. The van der Waals surface area contributed by atoms with E-state index in [4.69, 9.17) is 9.47 Å². The average Bonchev–Trinajstić information content (AvgIpc) is 2.82. The molecule has 6 nitrogen and oxygen atoms in total. The largest absolute Gasteiger partial charge is 0.491 e. The molecule has 0 saturated heterocycles. The van der Waals surface area contributed by atoms with E-state index in [1.54, 1.807) is 38.3 Å². The Morgan fingerprint density at radius 3 is 2.60 bits per heavy atom. The maximum atomic E-state index is 11.2. The number of H-pyrrole nitrogens is 1. The van der Waals surface area contributed by atoms with Gasteiger partial charge in [0.1, 0.15) is 23.6 Å². The van der Waals surface area contributed by atoms with Gasteiger partial charge in [-0.25, -0.2) is 4.79 Å². The molecule has 106 valence electrons. The predicted octanol–water partition coefficient (Wildman–Crippen LogP) is 2.11. The lowest BCUT2D eigenvalue weighted by molar-refractivity contribution is 0.0697. The van der Waals surface area contributed by atoms with Crippen molar-refractivity contribution in [2.75, 3.05) is 20.3 Å². The van der Waals surface area contributed by atoms with Crippen molar-refractivity contribution in [1.29, 1.82) is 0 Å². The number of rotatable bonds is 6. The molecule has 0 amide bonds. The molecule has 0 bridgehead atoms. The van der Waals surface area contributed by atoms with E-state index in [2.05, 4.69) is 10.2 Å². The van der Waals surface area contributed by atoms with Crippen LogP contribution < -0.4 is 4.74 Å². The summed E-state index contributed by atoms with van der Waals surface area (Å²) in [7, 11) is 1.61. The van der Waals surface area contributed by atoms with Crippen molar-refractivity contribution >= 4 is 5.97 Å². The summed E-state index contributed by atoms with van der Waals surface area (Å²) in [6.07, 6.45) is 0. The summed E-state index contributed by atoms with van der Waals surface area (Å²) in [6, 6.07) is 7.12. The third-order valence-electron chi connectivity index (χ3n) is 2.85. The Morgan fingerprint density at radius 2 is 2.00 bits per heavy atom. The van der Waals surface area contributed by atoms with Gasteiger partial charge in [-0.2, -0.15) is 5.10 Å². The van der Waals surface area contributed by atoms with Gasteiger partial charge >= 0.3 is 5.97 Å². The standard InChI is InChI=1S/C14H16N2O4/c1-9-12(14(17)18)13(16-15-9)10-3-5-11(6-4-10)20-8-7-19-2/h3-6H,7-8H2,1-2H3,(H,15,16)(H,17,18). The molecule has 0 saturated carbocycles. The van der Waals surface area contributed by atoms with Crippen LogP contribution in [0, 0.1) is 6.92 Å². The molecule has 0 unspecified atom stereocenters. The van der Waals surface area contributed by atoms with Gasteiger partial charge in [0.25, 0.3) is 0 Å². The molecule has 1 aromatic carbocycles. The lowest BCUT2D eigenvalue weighted by Gasteiger charge is -2.06. The van der Waals surface area contributed by atoms with E-state index in [1.165, 1.54) is 0 Å². The normalized spacial score (nSPS) is 10.5. The van der Waals surface area contributed by atoms with Crippen LogP contribution in [0.1, 0.15) is 16.1 Å². The van der Waals surface area contributed by atoms with Crippen LogP contribution >= 0.6 is 0 Å². The zero-order valence-electron chi connectivity index (χ0n) is 11.3. The maximum Gasteiger partial charge on any atom is 0.339 e. The Balaban J connectivity index is 2.20. The van der Waals surface area contributed by atoms with Crippen molar-refractivity contribution in [2.24, 2.45) is 0 Å². The zero-order valence-corrected chi connectivity index (χ0v) is 11.3. The molecule has 2 N–H and O–H groups in total. The van der Waals surface area contributed by atoms with E-state index >= 15 is 0 Å². The van der Waals surface area contributed by atoms with E-state index in [1.807, 2.05) is 0 Å². The number of benzene rings is 1. The molecule has 2 aromatic rings. The van der Waals surface area contributed by atoms with Crippen LogP contribution in [-0.4, -0.2) is 41.6 Å². The lowest BCUT2D eigenvalue weighted by atomic mass is 10.1. The highest BCUT2D eigenvalue weighted by molar-refractivity contribution is 5.96. The van der Waals surface area contributed by atoms with Crippen molar-refractivity contribution in [1.82, 2.24) is 10.2 Å².